The fourth-order valence-electron chi connectivity index (χ4n) is 3.20. The third kappa shape index (κ3) is 7.35. The third-order valence-electron chi connectivity index (χ3n) is 5.08. The number of carboxylic acid groups (broad SMARTS) is 1. The molecular formula is C25H23F4N5O3. The van der Waals surface area contributed by atoms with Gasteiger partial charge < -0.3 is 26.2 Å². The molecule has 4 rings (SSSR count). The van der Waals surface area contributed by atoms with Gasteiger partial charge in [0.2, 0.25) is 5.95 Å². The number of nitrogens with zero attached hydrogens (tertiary/aromatic N) is 2. The summed E-state index contributed by atoms with van der Waals surface area (Å²) < 4.78 is 49.9. The molecule has 0 radical (unpaired) electrons. The number of carbonyl (C=O) groups is 1. The molecular weight excluding hydrogens is 494 g/mol. The number of anilines is 2. The summed E-state index contributed by atoms with van der Waals surface area (Å²) in [5.74, 6) is -1.10. The molecule has 1 atom stereocenters. The Bertz CT molecular complexity index is 1370. The number of H-pyrrole nitrogens is 1. The number of aromatic carboxylic acids is 1. The average molecular weight is 517 g/mol. The number of nitrogens with two attached hydrogens (primary N) is 1. The molecule has 0 amide bonds. The smallest absolute Gasteiger partial charge is 0.416 e. The van der Waals surface area contributed by atoms with Gasteiger partial charge in [0, 0.05) is 23.6 Å². The first-order valence-electron chi connectivity index (χ1n) is 10.8. The Morgan fingerprint density at radius 2 is 1.89 bits per heavy atom. The largest absolute Gasteiger partial charge is 0.477 e. The topological polar surface area (TPSA) is 137 Å². The van der Waals surface area contributed by atoms with Crippen LogP contribution in [0.25, 0.3) is 11.3 Å². The molecule has 0 bridgehead atoms. The van der Waals surface area contributed by atoms with Crippen molar-refractivity contribution in [3.63, 3.8) is 0 Å². The van der Waals surface area contributed by atoms with Crippen LogP contribution >= 0.6 is 0 Å². The number of aromatic amines is 1. The van der Waals surface area contributed by atoms with Crippen LogP contribution in [0.4, 0.5) is 29.2 Å². The Labute approximate surface area is 208 Å². The lowest BCUT2D eigenvalue weighted by molar-refractivity contribution is -0.137. The number of rotatable bonds is 6. The predicted octanol–water partition coefficient (Wildman–Crippen LogP) is 5.06. The van der Waals surface area contributed by atoms with Crippen molar-refractivity contribution >= 4 is 17.6 Å². The standard InChI is InChI=1S/C16H13FN4O2.C9H10F3NO/c1-9-7-19-16(20-12-4-2-3-11(17)6-12)21-14(9)10-5-13(15(22)23)18-8-10;10-9(11,12)7-3-1-2-6(4-7)8(13)5-14/h2-8,18H,1H3,(H,22,23)(H,19,20,21);1-4,8,14H,5,13H2. The molecule has 0 aliphatic heterocycles. The second-order valence-corrected chi connectivity index (χ2v) is 7.88. The minimum atomic E-state index is -4.37. The van der Waals surface area contributed by atoms with Gasteiger partial charge in [-0.25, -0.2) is 19.2 Å². The molecule has 0 aliphatic carbocycles. The zero-order valence-electron chi connectivity index (χ0n) is 19.4. The average Bonchev–Trinajstić information content (AvgIpc) is 3.35. The summed E-state index contributed by atoms with van der Waals surface area (Å²) in [6.45, 7) is 1.45. The molecule has 0 saturated carbocycles. The van der Waals surface area contributed by atoms with Crippen molar-refractivity contribution < 1.29 is 32.6 Å². The van der Waals surface area contributed by atoms with E-state index in [2.05, 4.69) is 20.3 Å². The summed E-state index contributed by atoms with van der Waals surface area (Å²) in [7, 11) is 0. The summed E-state index contributed by atoms with van der Waals surface area (Å²) in [4.78, 5) is 22.2. The van der Waals surface area contributed by atoms with Gasteiger partial charge >= 0.3 is 12.1 Å². The van der Waals surface area contributed by atoms with Crippen LogP contribution in [0.1, 0.15) is 33.2 Å². The van der Waals surface area contributed by atoms with Crippen molar-refractivity contribution in [2.45, 2.75) is 19.1 Å². The van der Waals surface area contributed by atoms with E-state index < -0.39 is 23.8 Å². The highest BCUT2D eigenvalue weighted by Gasteiger charge is 2.30. The zero-order valence-corrected chi connectivity index (χ0v) is 19.4. The maximum Gasteiger partial charge on any atom is 0.416 e. The van der Waals surface area contributed by atoms with Gasteiger partial charge in [-0.2, -0.15) is 13.2 Å². The number of aromatic nitrogens is 3. The van der Waals surface area contributed by atoms with Crippen LogP contribution < -0.4 is 11.1 Å². The van der Waals surface area contributed by atoms with E-state index >= 15 is 0 Å². The Kier molecular flexibility index (Phi) is 8.58. The van der Waals surface area contributed by atoms with E-state index in [1.807, 2.05) is 6.92 Å². The number of hydrogen-bond acceptors (Lipinski definition) is 6. The summed E-state index contributed by atoms with van der Waals surface area (Å²) in [6, 6.07) is 11.3. The molecule has 2 aromatic carbocycles. The quantitative estimate of drug-likeness (QED) is 0.226. The third-order valence-corrected chi connectivity index (χ3v) is 5.08. The molecule has 2 aromatic heterocycles. The summed E-state index contributed by atoms with van der Waals surface area (Å²) in [6.07, 6.45) is -1.17. The Balaban J connectivity index is 0.000000233. The highest BCUT2D eigenvalue weighted by atomic mass is 19.4. The van der Waals surface area contributed by atoms with Crippen LogP contribution in [0.15, 0.2) is 67.0 Å². The van der Waals surface area contributed by atoms with Crippen LogP contribution in [-0.2, 0) is 6.18 Å². The second kappa shape index (κ2) is 11.6. The van der Waals surface area contributed by atoms with Crippen LogP contribution in [-0.4, -0.2) is 37.7 Å². The van der Waals surface area contributed by atoms with Gasteiger partial charge in [-0.15, -0.1) is 0 Å². The maximum absolute atomic E-state index is 13.2. The van der Waals surface area contributed by atoms with Crippen molar-refractivity contribution in [1.82, 2.24) is 15.0 Å². The van der Waals surface area contributed by atoms with E-state index in [0.717, 1.165) is 17.7 Å². The zero-order chi connectivity index (χ0) is 27.2. The second-order valence-electron chi connectivity index (χ2n) is 7.88. The normalized spacial score (nSPS) is 11.9. The van der Waals surface area contributed by atoms with E-state index in [9.17, 15) is 22.4 Å². The number of alkyl halides is 3. The van der Waals surface area contributed by atoms with E-state index in [-0.39, 0.29) is 23.7 Å². The van der Waals surface area contributed by atoms with Gasteiger partial charge in [-0.1, -0.05) is 18.2 Å². The van der Waals surface area contributed by atoms with Gasteiger partial charge in [0.05, 0.1) is 23.9 Å². The minimum absolute atomic E-state index is 0.0812. The minimum Gasteiger partial charge on any atom is -0.477 e. The van der Waals surface area contributed by atoms with Gasteiger partial charge in [0.25, 0.3) is 0 Å². The number of benzene rings is 2. The molecule has 0 spiro atoms. The summed E-state index contributed by atoms with van der Waals surface area (Å²) in [5.41, 5.74) is 7.57. The molecule has 2 heterocycles. The van der Waals surface area contributed by atoms with Crippen LogP contribution in [0.2, 0.25) is 0 Å². The number of nitrogens with one attached hydrogen (secondary N) is 2. The first-order valence-corrected chi connectivity index (χ1v) is 10.8. The summed E-state index contributed by atoms with van der Waals surface area (Å²) >= 11 is 0. The van der Waals surface area contributed by atoms with Crippen LogP contribution in [0.3, 0.4) is 0 Å². The van der Waals surface area contributed by atoms with Gasteiger partial charge in [-0.3, -0.25) is 0 Å². The molecule has 0 saturated heterocycles. The first kappa shape index (κ1) is 27.3. The maximum atomic E-state index is 13.2. The van der Waals surface area contributed by atoms with Gasteiger partial charge in [0.15, 0.2) is 0 Å². The van der Waals surface area contributed by atoms with E-state index in [4.69, 9.17) is 15.9 Å². The van der Waals surface area contributed by atoms with E-state index in [0.29, 0.717) is 22.9 Å². The molecule has 6 N–H and O–H groups in total. The first-order chi connectivity index (χ1) is 17.5. The fourth-order valence-corrected chi connectivity index (χ4v) is 3.20. The summed E-state index contributed by atoms with van der Waals surface area (Å²) in [5, 5.41) is 20.6. The molecule has 194 valence electrons. The fraction of sp³-hybridized carbons (Fsp3) is 0.160. The number of aliphatic hydroxyl groups is 1. The molecule has 37 heavy (non-hydrogen) atoms. The van der Waals surface area contributed by atoms with Crippen molar-refractivity contribution in [1.29, 1.82) is 0 Å². The molecule has 4 aromatic rings. The van der Waals surface area contributed by atoms with Crippen molar-refractivity contribution in [2.24, 2.45) is 5.73 Å². The number of aliphatic hydroxyl groups excluding tert-OH is 1. The van der Waals surface area contributed by atoms with E-state index in [1.54, 1.807) is 24.5 Å². The van der Waals surface area contributed by atoms with Gasteiger partial charge in [-0.05, 0) is 54.4 Å². The van der Waals surface area contributed by atoms with Crippen LogP contribution in [0, 0.1) is 12.7 Å². The number of aryl methyl sites for hydroxylation is 1. The molecule has 12 heteroatoms. The molecule has 0 aliphatic rings. The predicted molar refractivity (Wildman–Crippen MR) is 129 cm³/mol. The monoisotopic (exact) mass is 517 g/mol. The Morgan fingerprint density at radius 3 is 2.51 bits per heavy atom. The van der Waals surface area contributed by atoms with E-state index in [1.165, 1.54) is 30.3 Å². The van der Waals surface area contributed by atoms with Crippen LogP contribution in [0.5, 0.6) is 0 Å². The Morgan fingerprint density at radius 1 is 1.16 bits per heavy atom. The van der Waals surface area contributed by atoms with Crippen molar-refractivity contribution in [2.75, 3.05) is 11.9 Å². The molecule has 0 fully saturated rings. The number of carboxylic acids is 1. The van der Waals surface area contributed by atoms with Crippen molar-refractivity contribution in [3.8, 4) is 11.3 Å². The lowest BCUT2D eigenvalue weighted by atomic mass is 10.1. The molecule has 1 unspecified atom stereocenters. The highest BCUT2D eigenvalue weighted by molar-refractivity contribution is 5.87. The molecule has 8 nitrogen and oxygen atoms in total. The Hall–Kier alpha value is -4.29. The highest BCUT2D eigenvalue weighted by Crippen LogP contribution is 2.30. The SMILES string of the molecule is Cc1cnc(Nc2cccc(F)c2)nc1-c1c[nH]c(C(=O)O)c1.NC(CO)c1cccc(C(F)(F)F)c1. The number of hydrogen-bond donors (Lipinski definition) is 5. The lowest BCUT2D eigenvalue weighted by Gasteiger charge is -2.11. The lowest BCUT2D eigenvalue weighted by Crippen LogP contribution is -2.15. The number of halogens is 4. The van der Waals surface area contributed by atoms with Gasteiger partial charge in [0.1, 0.15) is 11.5 Å². The van der Waals surface area contributed by atoms with Crippen molar-refractivity contribution in [3.05, 3.63) is 95.2 Å².